The maximum Gasteiger partial charge on any atom is 0.341 e. The van der Waals surface area contributed by atoms with E-state index in [1.807, 2.05) is 4.90 Å². The zero-order valence-electron chi connectivity index (χ0n) is 11.9. The smallest absolute Gasteiger partial charge is 0.341 e. The Hall–Kier alpha value is -1.21. The van der Waals surface area contributed by atoms with Gasteiger partial charge in [0.05, 0.1) is 10.6 Å². The van der Waals surface area contributed by atoms with Crippen molar-refractivity contribution in [2.45, 2.75) is 30.4 Å². The minimum Gasteiger partial charge on any atom is -0.370 e. The van der Waals surface area contributed by atoms with Crippen LogP contribution in [0.2, 0.25) is 0 Å². The number of para-hydroxylation sites is 1. The molecule has 1 saturated heterocycles. The minimum atomic E-state index is -4.59. The summed E-state index contributed by atoms with van der Waals surface area (Å²) in [6.07, 6.45) is 1.62. The molecule has 4 nitrogen and oxygen atoms in total. The number of nitrogens with two attached hydrogens (primary N) is 1. The maximum absolute atomic E-state index is 12.8. The Kier molecular flexibility index (Phi) is 4.53. The lowest BCUT2D eigenvalue weighted by Gasteiger charge is -2.40. The van der Waals surface area contributed by atoms with Crippen LogP contribution in [-0.4, -0.2) is 33.8 Å². The van der Waals surface area contributed by atoms with Crippen LogP contribution in [0.15, 0.2) is 29.2 Å². The average molecular weight is 318 g/mol. The zero-order chi connectivity index (χ0) is 15.7. The summed E-state index contributed by atoms with van der Waals surface area (Å²) in [6, 6.07) is 5.96. The number of hydrogen-bond donors (Lipinski definition) is 1. The predicted molar refractivity (Wildman–Crippen MR) is 78.2 cm³/mol. The summed E-state index contributed by atoms with van der Waals surface area (Å²) >= 11 is 0. The van der Waals surface area contributed by atoms with E-state index in [0.29, 0.717) is 25.3 Å². The number of rotatable bonds is 4. The summed E-state index contributed by atoms with van der Waals surface area (Å²) in [7, 11) is -4.59. The van der Waals surface area contributed by atoms with Crippen LogP contribution in [0.1, 0.15) is 19.8 Å². The first-order valence-corrected chi connectivity index (χ1v) is 8.41. The summed E-state index contributed by atoms with van der Waals surface area (Å²) in [5, 5.41) is 0. The number of halogens is 2. The third-order valence-electron chi connectivity index (χ3n) is 4.21. The molecule has 2 N–H and O–H groups in total. The number of anilines is 1. The number of hydrogen-bond acceptors (Lipinski definition) is 4. The molecule has 1 heterocycles. The van der Waals surface area contributed by atoms with Crippen LogP contribution in [0, 0.1) is 5.41 Å². The fraction of sp³-hybridized carbons (Fsp3) is 0.571. The highest BCUT2D eigenvalue weighted by Gasteiger charge is 2.33. The Morgan fingerprint density at radius 1 is 1.29 bits per heavy atom. The number of piperidine rings is 1. The molecule has 0 bridgehead atoms. The summed E-state index contributed by atoms with van der Waals surface area (Å²) in [6.45, 7) is 3.89. The van der Waals surface area contributed by atoms with Gasteiger partial charge in [0.2, 0.25) is 9.84 Å². The third-order valence-corrected chi connectivity index (χ3v) is 5.64. The quantitative estimate of drug-likeness (QED) is 0.925. The van der Waals surface area contributed by atoms with Crippen LogP contribution in [0.4, 0.5) is 14.5 Å². The van der Waals surface area contributed by atoms with E-state index in [4.69, 9.17) is 5.73 Å². The third kappa shape index (κ3) is 3.18. The summed E-state index contributed by atoms with van der Waals surface area (Å²) in [5.41, 5.74) is 6.14. The van der Waals surface area contributed by atoms with E-state index < -0.39 is 15.6 Å². The van der Waals surface area contributed by atoms with Gasteiger partial charge in [-0.05, 0) is 36.9 Å². The normalized spacial score (nSPS) is 19.0. The molecule has 7 heteroatoms. The van der Waals surface area contributed by atoms with Gasteiger partial charge in [0.25, 0.3) is 0 Å². The second-order valence-corrected chi connectivity index (χ2v) is 7.66. The molecule has 21 heavy (non-hydrogen) atoms. The minimum absolute atomic E-state index is 0.0348. The highest BCUT2D eigenvalue weighted by Crippen LogP contribution is 2.35. The average Bonchev–Trinajstić information content (AvgIpc) is 2.48. The van der Waals surface area contributed by atoms with Crippen LogP contribution in [0.25, 0.3) is 0 Å². The van der Waals surface area contributed by atoms with E-state index >= 15 is 0 Å². The molecule has 0 radical (unpaired) electrons. The molecule has 0 saturated carbocycles. The van der Waals surface area contributed by atoms with Crippen molar-refractivity contribution in [2.24, 2.45) is 11.1 Å². The van der Waals surface area contributed by atoms with Crippen LogP contribution < -0.4 is 10.6 Å². The fourth-order valence-electron chi connectivity index (χ4n) is 2.55. The Morgan fingerprint density at radius 3 is 2.38 bits per heavy atom. The van der Waals surface area contributed by atoms with Crippen LogP contribution in [0.5, 0.6) is 0 Å². The van der Waals surface area contributed by atoms with Gasteiger partial charge in [-0.2, -0.15) is 8.78 Å². The van der Waals surface area contributed by atoms with Gasteiger partial charge >= 0.3 is 5.76 Å². The molecular weight excluding hydrogens is 298 g/mol. The highest BCUT2D eigenvalue weighted by atomic mass is 32.2. The van der Waals surface area contributed by atoms with Gasteiger partial charge in [-0.3, -0.25) is 0 Å². The molecule has 1 aliphatic rings. The van der Waals surface area contributed by atoms with Crippen molar-refractivity contribution < 1.29 is 17.2 Å². The molecule has 1 fully saturated rings. The predicted octanol–water partition coefficient (Wildman–Crippen LogP) is 2.25. The van der Waals surface area contributed by atoms with E-state index in [1.54, 1.807) is 12.1 Å². The lowest BCUT2D eigenvalue weighted by Crippen LogP contribution is -2.42. The molecule has 0 aliphatic carbocycles. The number of nitrogens with zero attached hydrogens (tertiary/aromatic N) is 1. The van der Waals surface area contributed by atoms with Crippen molar-refractivity contribution in [3.8, 4) is 0 Å². The van der Waals surface area contributed by atoms with Crippen LogP contribution in [0.3, 0.4) is 0 Å². The molecule has 0 spiro atoms. The Labute approximate surface area is 123 Å². The molecule has 0 amide bonds. The SMILES string of the molecule is CC1(CN)CCN(c2ccccc2S(=O)(=O)C(F)F)CC1. The first-order valence-electron chi connectivity index (χ1n) is 6.86. The summed E-state index contributed by atoms with van der Waals surface area (Å²) < 4.78 is 49.2. The van der Waals surface area contributed by atoms with Gasteiger partial charge in [-0.1, -0.05) is 19.1 Å². The van der Waals surface area contributed by atoms with Gasteiger partial charge in [0.1, 0.15) is 0 Å². The van der Waals surface area contributed by atoms with Gasteiger partial charge in [-0.25, -0.2) is 8.42 Å². The molecular formula is C14H20F2N2O2S. The highest BCUT2D eigenvalue weighted by molar-refractivity contribution is 7.91. The Bertz CT molecular complexity index is 597. The van der Waals surface area contributed by atoms with Crippen LogP contribution in [-0.2, 0) is 9.84 Å². The topological polar surface area (TPSA) is 63.4 Å². The van der Waals surface area contributed by atoms with Crippen molar-refractivity contribution in [1.82, 2.24) is 0 Å². The molecule has 0 aromatic heterocycles. The van der Waals surface area contributed by atoms with Crippen molar-refractivity contribution in [3.05, 3.63) is 24.3 Å². The van der Waals surface area contributed by atoms with Gasteiger partial charge in [0.15, 0.2) is 0 Å². The summed E-state index contributed by atoms with van der Waals surface area (Å²) in [4.78, 5) is 1.56. The fourth-order valence-corrected chi connectivity index (χ4v) is 3.50. The summed E-state index contributed by atoms with van der Waals surface area (Å²) in [5.74, 6) is -3.40. The largest absolute Gasteiger partial charge is 0.370 e. The number of sulfone groups is 1. The first-order chi connectivity index (χ1) is 9.80. The molecule has 1 aliphatic heterocycles. The monoisotopic (exact) mass is 318 g/mol. The Balaban J connectivity index is 2.31. The molecule has 1 aromatic carbocycles. The van der Waals surface area contributed by atoms with Crippen molar-refractivity contribution in [1.29, 1.82) is 0 Å². The second kappa shape index (κ2) is 5.88. The van der Waals surface area contributed by atoms with Gasteiger partial charge in [-0.15, -0.1) is 0 Å². The van der Waals surface area contributed by atoms with E-state index in [2.05, 4.69) is 6.92 Å². The van der Waals surface area contributed by atoms with Crippen LogP contribution >= 0.6 is 0 Å². The van der Waals surface area contributed by atoms with Crippen molar-refractivity contribution in [3.63, 3.8) is 0 Å². The van der Waals surface area contributed by atoms with E-state index in [1.165, 1.54) is 12.1 Å². The van der Waals surface area contributed by atoms with E-state index in [-0.39, 0.29) is 10.3 Å². The molecule has 2 rings (SSSR count). The number of benzene rings is 1. The van der Waals surface area contributed by atoms with E-state index in [9.17, 15) is 17.2 Å². The molecule has 1 aromatic rings. The number of alkyl halides is 2. The van der Waals surface area contributed by atoms with E-state index in [0.717, 1.165) is 12.8 Å². The lowest BCUT2D eigenvalue weighted by atomic mass is 9.80. The van der Waals surface area contributed by atoms with Crippen molar-refractivity contribution in [2.75, 3.05) is 24.5 Å². The molecule has 0 atom stereocenters. The zero-order valence-corrected chi connectivity index (χ0v) is 12.7. The lowest BCUT2D eigenvalue weighted by molar-refractivity contribution is 0.234. The standard InChI is InChI=1S/C14H20F2N2O2S/c1-14(10-17)6-8-18(9-7-14)11-4-2-3-5-12(11)21(19,20)13(15)16/h2-5,13H,6-10,17H2,1H3. The van der Waals surface area contributed by atoms with Gasteiger partial charge in [0, 0.05) is 13.1 Å². The second-order valence-electron chi connectivity index (χ2n) is 5.78. The Morgan fingerprint density at radius 2 is 1.86 bits per heavy atom. The first kappa shape index (κ1) is 16.2. The van der Waals surface area contributed by atoms with Crippen molar-refractivity contribution >= 4 is 15.5 Å². The molecule has 118 valence electrons. The maximum atomic E-state index is 12.8. The van der Waals surface area contributed by atoms with Gasteiger partial charge < -0.3 is 10.6 Å². The molecule has 0 unspecified atom stereocenters.